The van der Waals surface area contributed by atoms with Gasteiger partial charge in [-0.1, -0.05) is 0 Å². The first-order valence-corrected chi connectivity index (χ1v) is 39.2. The minimum absolute atomic E-state index is 0. The first-order chi connectivity index (χ1) is 42.1. The summed E-state index contributed by atoms with van der Waals surface area (Å²) in [6, 6.07) is 0. The second-order valence-corrected chi connectivity index (χ2v) is 30.3. The SMILES string of the molecule is O=S(=O)([O-])OC[C@@H]1O[C@@H](O[C@@H]2[C@H](OS(=O)(=O)[O-])[C@@H](O[C@H]3[C@H](OS(=O)(=O)[O-])[C@H](OS(=O)(=O)[O-])[C@@H](O[C@H]4O[C@@H](COS(=O)(=O)[O-])[C@H](OS(=O)(=O)[O-])[C@H](OS(=O)(=O)[O-])[C@@H]4OS(=O)(=O)[O-])O[C@H]3COS(=O)(=O)[O-])OC[C@H]2OS(=O)(=O)[O-])[C@@H](OS(=O)(=O)[O-])[C@@H](OS(=O)(=O)[O-])[C@H]1OS(=O)(=O)[O-].[Na+].[Na+].[Na+].[Na+].[Na+].[Na+].[Na+].[Na+].[Na+].[Na+].[Na+].[Na+].[Na+]. The molecule has 0 unspecified atom stereocenters. The molecular formula is C23H27Na13O59S13. The van der Waals surface area contributed by atoms with Gasteiger partial charge < -0.3 is 92.3 Å². The number of hydrogen-bond donors (Lipinski definition) is 0. The molecular weight excluding hydrogens is 1940 g/mol. The summed E-state index contributed by atoms with van der Waals surface area (Å²) in [5.74, 6) is 0. The molecule has 0 aromatic rings. The molecule has 59 nitrogen and oxygen atoms in total. The Hall–Kier alpha value is 11.0. The smallest absolute Gasteiger partial charge is 0.726 e. The van der Waals surface area contributed by atoms with E-state index in [1.807, 2.05) is 0 Å². The molecule has 0 bridgehead atoms. The summed E-state index contributed by atoms with van der Waals surface area (Å²) in [5.41, 5.74) is 0. The predicted octanol–water partition coefficient (Wildman–Crippen LogP) is -54.8. The molecule has 0 saturated carbocycles. The Balaban J connectivity index is -0.000000923. The van der Waals surface area contributed by atoms with Crippen LogP contribution in [0.3, 0.4) is 0 Å². The summed E-state index contributed by atoms with van der Waals surface area (Å²) in [5, 5.41) is 0. The summed E-state index contributed by atoms with van der Waals surface area (Å²) >= 11 is 0. The topological polar surface area (TPSA) is 928 Å². The molecule has 0 aromatic heterocycles. The summed E-state index contributed by atoms with van der Waals surface area (Å²) in [6.07, 6.45) is -70.9. The Morgan fingerprint density at radius 2 is 0.398 bits per heavy atom. The number of hydrogen-bond acceptors (Lipinski definition) is 59. The van der Waals surface area contributed by atoms with Crippen LogP contribution in [0.5, 0.6) is 0 Å². The molecule has 4 saturated heterocycles. The van der Waals surface area contributed by atoms with Crippen LogP contribution in [0, 0.1) is 0 Å². The van der Waals surface area contributed by atoms with Crippen LogP contribution in [0.25, 0.3) is 0 Å². The van der Waals surface area contributed by atoms with E-state index < -0.39 is 278 Å². The van der Waals surface area contributed by atoms with Crippen LogP contribution in [0.15, 0.2) is 0 Å². The number of ether oxygens (including phenoxy) is 7. The minimum atomic E-state index is -7.03. The third kappa shape index (κ3) is 55.8. The molecule has 4 heterocycles. The van der Waals surface area contributed by atoms with E-state index in [1.54, 1.807) is 0 Å². The van der Waals surface area contributed by atoms with Gasteiger partial charge in [0.15, 0.2) is 49.6 Å². The van der Waals surface area contributed by atoms with E-state index in [9.17, 15) is 169 Å². The van der Waals surface area contributed by atoms with E-state index in [0.717, 1.165) is 0 Å². The van der Waals surface area contributed by atoms with Gasteiger partial charge in [-0.05, 0) is 0 Å². The monoisotopic (exact) mass is 1960 g/mol. The van der Waals surface area contributed by atoms with Gasteiger partial charge in [0.25, 0.3) is 0 Å². The largest absolute Gasteiger partial charge is 1.00 e. The van der Waals surface area contributed by atoms with E-state index in [2.05, 4.69) is 54.4 Å². The van der Waals surface area contributed by atoms with Crippen molar-refractivity contribution in [3.8, 4) is 0 Å². The second kappa shape index (κ2) is 55.9. The quantitative estimate of drug-likeness (QED) is 0.0323. The van der Waals surface area contributed by atoms with Crippen molar-refractivity contribution < 1.29 is 640 Å². The van der Waals surface area contributed by atoms with Crippen LogP contribution in [-0.4, -0.2) is 312 Å². The molecule has 0 amide bonds. The van der Waals surface area contributed by atoms with Crippen molar-refractivity contribution in [3.63, 3.8) is 0 Å². The summed E-state index contributed by atoms with van der Waals surface area (Å²) < 4.78 is 554. The minimum Gasteiger partial charge on any atom is -0.726 e. The maximum absolute atomic E-state index is 12.5. The molecule has 4 aliphatic rings. The molecule has 0 aromatic carbocycles. The Kier molecular flexibility index (Phi) is 72.2. The van der Waals surface area contributed by atoms with Crippen molar-refractivity contribution in [2.24, 2.45) is 0 Å². The molecule has 0 aliphatic carbocycles. The van der Waals surface area contributed by atoms with E-state index in [4.69, 9.17) is 33.2 Å². The molecule has 108 heavy (non-hydrogen) atoms. The fourth-order valence-corrected chi connectivity index (χ4v) is 13.6. The molecule has 4 rings (SSSR count). The number of rotatable bonds is 35. The third-order valence-corrected chi connectivity index (χ3v) is 16.3. The zero-order chi connectivity index (χ0) is 73.4. The van der Waals surface area contributed by atoms with Crippen LogP contribution in [0.1, 0.15) is 0 Å². The van der Waals surface area contributed by atoms with E-state index in [1.165, 1.54) is 0 Å². The molecule has 0 N–H and O–H groups in total. The molecule has 0 spiro atoms. The Morgan fingerprint density at radius 1 is 0.213 bits per heavy atom. The summed E-state index contributed by atoms with van der Waals surface area (Å²) in [7, 11) is -87.1. The standard InChI is InChI=1S/C23H40O59S13.13Na/c24-83(25,26)64-2-5-9(13(76-89(42,43)44)17(80-93(54,55)56)22(67-5)72-23-19(82-95(60,61)62)15(78-91(48,49)50)12(75-88(39,40)41)7(69-23)4-66-85(30,31)32)70-20-16(79-92(51,52)53)10(8(1-63-20)73-86(33,34)35)71-21-18(81-94(57,58)59)14(77-90(45,46)47)11(74-87(36,37)38)6(68-21)3-65-84(27,28)29;;;;;;;;;;;;;/h5-23H,1-4H2,(H,24,25,26)(H,27,28,29)(H,30,31,32)(H,33,34,35)(H,36,37,38)(H,39,40,41)(H,42,43,44)(H,45,46,47)(H,48,49,50)(H,51,52,53)(H,54,55,56)(H,57,58,59)(H,60,61,62);;;;;;;;;;;;;/q;13*+1/p-13/t5-,6-,7-,8+,9+,10-,11-,12-,13-,14-,15-,16-,17-,18-,19-,20+,21-,22+,23+;;;;;;;;;;;;;/m0............./s1. The normalized spacial score (nSPS) is 28.8. The molecule has 4 fully saturated rings. The molecule has 564 valence electrons. The Bertz CT molecular complexity index is 4320. The Labute approximate surface area is 900 Å². The average Bonchev–Trinajstić information content (AvgIpc) is 0.762. The van der Waals surface area contributed by atoms with E-state index in [0.29, 0.717) is 0 Å². The van der Waals surface area contributed by atoms with Crippen molar-refractivity contribution in [2.75, 3.05) is 26.4 Å². The van der Waals surface area contributed by atoms with Gasteiger partial charge in [0.1, 0.15) is 67.1 Å². The van der Waals surface area contributed by atoms with Gasteiger partial charge in [0.2, 0.25) is 135 Å². The van der Waals surface area contributed by atoms with Crippen LogP contribution >= 0.6 is 0 Å². The molecule has 85 heteroatoms. The fraction of sp³-hybridized carbons (Fsp3) is 1.00. The molecule has 0 radical (unpaired) electrons. The Morgan fingerprint density at radius 3 is 0.630 bits per heavy atom. The van der Waals surface area contributed by atoms with Gasteiger partial charge in [-0.2, -0.15) is 0 Å². The van der Waals surface area contributed by atoms with Crippen molar-refractivity contribution in [3.05, 3.63) is 0 Å². The average molecular weight is 1960 g/mol. The van der Waals surface area contributed by atoms with Gasteiger partial charge in [-0.15, -0.1) is 0 Å². The third-order valence-electron chi connectivity index (χ3n) is 10.4. The van der Waals surface area contributed by atoms with Crippen LogP contribution in [0.2, 0.25) is 0 Å². The predicted molar refractivity (Wildman–Crippen MR) is 239 cm³/mol. The van der Waals surface area contributed by atoms with Gasteiger partial charge in [-0.3, -0.25) is 54.4 Å². The van der Waals surface area contributed by atoms with Gasteiger partial charge >= 0.3 is 384 Å². The van der Waals surface area contributed by atoms with Crippen LogP contribution in [-0.2, 0) is 223 Å². The summed E-state index contributed by atoms with van der Waals surface area (Å²) in [4.78, 5) is 0. The van der Waals surface area contributed by atoms with Crippen LogP contribution < -0.4 is 384 Å². The second-order valence-electron chi connectivity index (χ2n) is 17.0. The van der Waals surface area contributed by atoms with Gasteiger partial charge in [0, 0.05) is 0 Å². The molecule has 4 aliphatic heterocycles. The van der Waals surface area contributed by atoms with Crippen molar-refractivity contribution in [1.29, 1.82) is 0 Å². The molecule has 19 atom stereocenters. The van der Waals surface area contributed by atoms with Gasteiger partial charge in [-0.25, -0.2) is 109 Å². The zero-order valence-electron chi connectivity index (χ0n) is 56.2. The van der Waals surface area contributed by atoms with Crippen molar-refractivity contribution in [2.45, 2.75) is 117 Å². The zero-order valence-corrected chi connectivity index (χ0v) is 92.8. The summed E-state index contributed by atoms with van der Waals surface area (Å²) in [6.45, 7) is -9.27. The first kappa shape index (κ1) is 139. The van der Waals surface area contributed by atoms with E-state index in [-0.39, 0.29) is 384 Å². The maximum Gasteiger partial charge on any atom is 1.00 e. The van der Waals surface area contributed by atoms with Crippen molar-refractivity contribution >= 4 is 135 Å². The van der Waals surface area contributed by atoms with Crippen molar-refractivity contribution in [1.82, 2.24) is 0 Å². The van der Waals surface area contributed by atoms with E-state index >= 15 is 0 Å². The fourth-order valence-electron chi connectivity index (χ4n) is 7.88. The van der Waals surface area contributed by atoms with Gasteiger partial charge in [0.05, 0.1) is 26.4 Å². The maximum atomic E-state index is 12.5. The first-order valence-electron chi connectivity index (χ1n) is 21.9. The van der Waals surface area contributed by atoms with Crippen LogP contribution in [0.4, 0.5) is 0 Å².